The van der Waals surface area contributed by atoms with E-state index in [4.69, 9.17) is 5.26 Å². The molecule has 0 bridgehead atoms. The van der Waals surface area contributed by atoms with Gasteiger partial charge in [0, 0.05) is 207 Å². The molecule has 0 atom stereocenters. The van der Waals surface area contributed by atoms with E-state index in [0.717, 1.165) is 121 Å². The van der Waals surface area contributed by atoms with Gasteiger partial charge in [-0.05, 0) is 130 Å². The van der Waals surface area contributed by atoms with Gasteiger partial charge in [-0.25, -0.2) is 105 Å². The molecule has 0 aromatic carbocycles. The van der Waals surface area contributed by atoms with Crippen LogP contribution in [0.2, 0.25) is 0 Å². The summed E-state index contributed by atoms with van der Waals surface area (Å²) in [6.07, 6.45) is 43.0. The number of aryl methyl sites for hydroxylation is 9. The first-order valence-corrected chi connectivity index (χ1v) is 45.3. The van der Waals surface area contributed by atoms with Crippen molar-refractivity contribution >= 4 is 0 Å². The van der Waals surface area contributed by atoms with Crippen LogP contribution >= 0.6 is 0 Å². The van der Waals surface area contributed by atoms with E-state index < -0.39 is 0 Å². The summed E-state index contributed by atoms with van der Waals surface area (Å²) in [5, 5.41) is 8.58. The van der Waals surface area contributed by atoms with Gasteiger partial charge in [-0.3, -0.25) is 9.97 Å². The molecule has 12 aromatic heterocycles. The standard InChI is InChI=1S/C10H16N2.C9H11N3.8C9H14N2.C9H13N.C8H12N2/c1-5-8-6-11-9(12-7-8)10(2,3)4;1-9(2,3)8-6-11-5-7(4-10)12-8;8*1-7-5-10-8(11-6-7)9(2,3)4;1-9(2,3)8-6-4-5-7-10-8;1-8(2,3)7-9-5-4-6-10-7/h6-7H,5H2,1-4H3;5-6H,1-3H3;8*5-6H,1-4H3;4-7H,1-3H3;4-6H,1-3H3. The molecule has 0 aliphatic carbocycles. The summed E-state index contributed by atoms with van der Waals surface area (Å²) in [6.45, 7) is 93.9. The second-order valence-corrected chi connectivity index (χ2v) is 45.1. The minimum atomic E-state index is -0.0418. The predicted octanol–water partition coefficient (Wildman–Crippen LogP) is 24.8. The first kappa shape index (κ1) is 119. The SMILES string of the molecule is CC(C)(C)c1ccccn1.CC(C)(C)c1cncc(C#N)n1.CC(C)(C)c1ncccn1.CCc1cnc(C(C)(C)C)nc1.Cc1cnc(C(C)(C)C)nc1.Cc1cnc(C(C)(C)C)nc1.Cc1cnc(C(C)(C)C)nc1.Cc1cnc(C(C)(C)C)nc1.Cc1cnc(C(C)(C)C)nc1.Cc1cnc(C(C)(C)C)nc1.Cc1cnc(C(C)(C)C)nc1.Cc1cnc(C(C)(C)C)nc1. The molecule has 716 valence electrons. The minimum absolute atomic E-state index is 0.0418. The molecule has 12 aromatic rings. The molecule has 0 unspecified atom stereocenters. The number of nitriles is 1. The van der Waals surface area contributed by atoms with Gasteiger partial charge >= 0.3 is 0 Å². The fraction of sp³-hybridized carbons (Fsp3) is 0.537. The van der Waals surface area contributed by atoms with E-state index in [9.17, 15) is 0 Å². The van der Waals surface area contributed by atoms with E-state index in [1.54, 1.807) is 18.6 Å². The Labute approximate surface area is 796 Å². The Morgan fingerprint density at radius 2 is 0.386 bits per heavy atom. The normalized spacial score (nSPS) is 11.5. The van der Waals surface area contributed by atoms with Crippen molar-refractivity contribution < 1.29 is 0 Å². The van der Waals surface area contributed by atoms with Crippen molar-refractivity contribution in [2.24, 2.45) is 0 Å². The Morgan fingerprint density at radius 3 is 0.530 bits per heavy atom. The lowest BCUT2D eigenvalue weighted by Crippen LogP contribution is -2.15. The highest BCUT2D eigenvalue weighted by molar-refractivity contribution is 5.22. The lowest BCUT2D eigenvalue weighted by molar-refractivity contribution is 0.544. The third kappa shape index (κ3) is 50.2. The van der Waals surface area contributed by atoms with Crippen LogP contribution in [0.4, 0.5) is 0 Å². The van der Waals surface area contributed by atoms with Gasteiger partial charge in [0.05, 0.1) is 11.9 Å². The van der Waals surface area contributed by atoms with Gasteiger partial charge in [0.25, 0.3) is 0 Å². The molecule has 12 rings (SSSR count). The first-order chi connectivity index (χ1) is 60.3. The fourth-order valence-corrected chi connectivity index (χ4v) is 9.44. The molecule has 0 aliphatic rings. The van der Waals surface area contributed by atoms with Crippen molar-refractivity contribution in [2.45, 2.75) is 383 Å². The topological polar surface area (TPSA) is 320 Å². The highest BCUT2D eigenvalue weighted by Crippen LogP contribution is 2.26. The van der Waals surface area contributed by atoms with Crippen LogP contribution in [-0.4, -0.2) is 115 Å². The Bertz CT molecular complexity index is 4480. The second kappa shape index (κ2) is 52.7. The molecule has 24 heteroatoms. The second-order valence-electron chi connectivity index (χ2n) is 45.1. The molecule has 0 spiro atoms. The molecule has 132 heavy (non-hydrogen) atoms. The predicted molar refractivity (Wildman–Crippen MR) is 543 cm³/mol. The third-order valence-electron chi connectivity index (χ3n) is 17.6. The zero-order chi connectivity index (χ0) is 101. The number of hydrogen-bond donors (Lipinski definition) is 0. The van der Waals surface area contributed by atoms with Crippen molar-refractivity contribution in [1.82, 2.24) is 115 Å². The number of rotatable bonds is 1. The van der Waals surface area contributed by atoms with E-state index in [2.05, 4.69) is 356 Å². The lowest BCUT2D eigenvalue weighted by Gasteiger charge is -2.16. The zero-order valence-electron chi connectivity index (χ0n) is 89.5. The Morgan fingerprint density at radius 1 is 0.205 bits per heavy atom. The van der Waals surface area contributed by atoms with E-state index in [1.165, 1.54) is 11.8 Å². The van der Waals surface area contributed by atoms with Crippen LogP contribution in [0.1, 0.15) is 382 Å². The van der Waals surface area contributed by atoms with Gasteiger partial charge in [-0.1, -0.05) is 262 Å². The van der Waals surface area contributed by atoms with Gasteiger partial charge in [0.1, 0.15) is 64.3 Å². The van der Waals surface area contributed by atoms with Crippen LogP contribution in [0, 0.1) is 66.7 Å². The van der Waals surface area contributed by atoms with Gasteiger partial charge in [-0.15, -0.1) is 0 Å². The molecule has 24 nitrogen and oxygen atoms in total. The van der Waals surface area contributed by atoms with Crippen molar-refractivity contribution in [3.05, 3.63) is 292 Å². The van der Waals surface area contributed by atoms with E-state index >= 15 is 0 Å². The van der Waals surface area contributed by atoms with Gasteiger partial charge in [-0.2, -0.15) is 5.26 Å². The zero-order valence-corrected chi connectivity index (χ0v) is 89.5. The Kier molecular flexibility index (Phi) is 47.3. The smallest absolute Gasteiger partial charge is 0.159 e. The number of aromatic nitrogens is 23. The van der Waals surface area contributed by atoms with Gasteiger partial charge in [0.15, 0.2) is 5.69 Å². The maximum Gasteiger partial charge on any atom is 0.159 e. The fourth-order valence-electron chi connectivity index (χ4n) is 9.44. The summed E-state index contributed by atoms with van der Waals surface area (Å²) in [5.74, 6) is 9.06. The van der Waals surface area contributed by atoms with Crippen LogP contribution in [-0.2, 0) is 71.4 Å². The molecule has 0 aliphatic heterocycles. The van der Waals surface area contributed by atoms with Crippen LogP contribution in [0.25, 0.3) is 0 Å². The highest BCUT2D eigenvalue weighted by Gasteiger charge is 2.24. The van der Waals surface area contributed by atoms with Crippen LogP contribution in [0.15, 0.2) is 167 Å². The van der Waals surface area contributed by atoms with Crippen LogP contribution in [0.5, 0.6) is 0 Å². The minimum Gasteiger partial charge on any atom is -0.261 e. The molecular formula is C108H164N24. The maximum atomic E-state index is 8.58. The third-order valence-corrected chi connectivity index (χ3v) is 17.6. The molecule has 0 saturated carbocycles. The molecule has 0 fully saturated rings. The quantitative estimate of drug-likeness (QED) is 0.147. The lowest BCUT2D eigenvalue weighted by atomic mass is 9.92. The Balaban J connectivity index is 0.000000720. The van der Waals surface area contributed by atoms with Crippen molar-refractivity contribution in [1.29, 1.82) is 5.26 Å². The molecule has 0 saturated heterocycles. The number of pyridine rings is 1. The summed E-state index contributed by atoms with van der Waals surface area (Å²) < 4.78 is 0. The van der Waals surface area contributed by atoms with Crippen molar-refractivity contribution in [3.63, 3.8) is 0 Å². The molecule has 0 N–H and O–H groups in total. The van der Waals surface area contributed by atoms with Gasteiger partial charge < -0.3 is 0 Å². The largest absolute Gasteiger partial charge is 0.261 e. The number of nitrogens with zero attached hydrogens (tertiary/aromatic N) is 24. The van der Waals surface area contributed by atoms with E-state index in [-0.39, 0.29) is 65.0 Å². The molecule has 0 radical (unpaired) electrons. The summed E-state index contributed by atoms with van der Waals surface area (Å²) >= 11 is 0. The van der Waals surface area contributed by atoms with Gasteiger partial charge in [0.2, 0.25) is 0 Å². The molecule has 12 heterocycles. The van der Waals surface area contributed by atoms with E-state index in [1.807, 2.05) is 218 Å². The summed E-state index contributed by atoms with van der Waals surface area (Å²) in [4.78, 5) is 97.0. The van der Waals surface area contributed by atoms with Crippen LogP contribution in [0.3, 0.4) is 0 Å². The number of hydrogen-bond acceptors (Lipinski definition) is 24. The monoisotopic (exact) mass is 1800 g/mol. The average molecular weight is 1800 g/mol. The van der Waals surface area contributed by atoms with Crippen LogP contribution < -0.4 is 0 Å². The maximum absolute atomic E-state index is 8.58. The highest BCUT2D eigenvalue weighted by atomic mass is 14.9. The molecule has 0 amide bonds. The van der Waals surface area contributed by atoms with E-state index in [0.29, 0.717) is 5.69 Å². The average Bonchev–Trinajstić information content (AvgIpc) is 0.837. The summed E-state index contributed by atoms with van der Waals surface area (Å²) in [6, 6.07) is 9.81. The van der Waals surface area contributed by atoms with Crippen molar-refractivity contribution in [2.75, 3.05) is 0 Å². The van der Waals surface area contributed by atoms with Crippen molar-refractivity contribution in [3.8, 4) is 6.07 Å². The Hall–Kier alpha value is -11.5. The first-order valence-electron chi connectivity index (χ1n) is 45.3. The summed E-state index contributed by atoms with van der Waals surface area (Å²) in [7, 11) is 0. The molecular weight excluding hydrogens is 1630 g/mol. The summed E-state index contributed by atoms with van der Waals surface area (Å²) in [5.41, 5.74) is 13.2.